The summed E-state index contributed by atoms with van der Waals surface area (Å²) in [5, 5.41) is 0.102. The Morgan fingerprint density at radius 2 is 1.90 bits per heavy atom. The van der Waals surface area contributed by atoms with Gasteiger partial charge in [-0.1, -0.05) is 53.5 Å². The number of nitrogen functional groups attached to an aromatic ring is 1. The molecule has 0 bridgehead atoms. The molecule has 1 aromatic heterocycles. The van der Waals surface area contributed by atoms with E-state index in [0.29, 0.717) is 0 Å². The van der Waals surface area contributed by atoms with E-state index in [1.54, 1.807) is 0 Å². The van der Waals surface area contributed by atoms with Crippen molar-refractivity contribution in [3.63, 3.8) is 0 Å². The Bertz CT molecular complexity index is 1050. The standard InChI is InChI=1S/C21H17Cl2FN2O3/c1-28-21-14(22)8-7-13(19(21)24)16-9-15(25)18(23)20(26-16)17(27)11-29-10-12-5-3-2-4-6-12/h2-9H,10-11H2,1H3,(H2,25,26). The first-order valence-corrected chi connectivity index (χ1v) is 9.31. The summed E-state index contributed by atoms with van der Waals surface area (Å²) < 4.78 is 25.2. The molecule has 0 spiro atoms. The molecule has 5 nitrogen and oxygen atoms in total. The third-order valence-electron chi connectivity index (χ3n) is 4.12. The fourth-order valence-electron chi connectivity index (χ4n) is 2.69. The Morgan fingerprint density at radius 3 is 2.59 bits per heavy atom. The van der Waals surface area contributed by atoms with E-state index in [-0.39, 0.29) is 51.6 Å². The van der Waals surface area contributed by atoms with Gasteiger partial charge in [0.05, 0.1) is 35.1 Å². The molecule has 0 saturated carbocycles. The number of aromatic nitrogens is 1. The van der Waals surface area contributed by atoms with Crippen LogP contribution >= 0.6 is 23.2 Å². The quantitative estimate of drug-likeness (QED) is 0.518. The van der Waals surface area contributed by atoms with Crippen molar-refractivity contribution in [1.29, 1.82) is 0 Å². The van der Waals surface area contributed by atoms with Crippen LogP contribution in [0.5, 0.6) is 5.75 Å². The van der Waals surface area contributed by atoms with Gasteiger partial charge in [-0.15, -0.1) is 0 Å². The van der Waals surface area contributed by atoms with E-state index in [0.717, 1.165) is 5.56 Å². The third-order valence-corrected chi connectivity index (χ3v) is 4.82. The number of hydrogen-bond donors (Lipinski definition) is 1. The van der Waals surface area contributed by atoms with Crippen molar-refractivity contribution >= 4 is 34.7 Å². The zero-order valence-corrected chi connectivity index (χ0v) is 16.9. The summed E-state index contributed by atoms with van der Waals surface area (Å²) in [4.78, 5) is 16.8. The first-order valence-electron chi connectivity index (χ1n) is 8.55. The molecule has 2 N–H and O–H groups in total. The van der Waals surface area contributed by atoms with Gasteiger partial charge in [-0.25, -0.2) is 9.37 Å². The summed E-state index contributed by atoms with van der Waals surface area (Å²) in [5.41, 5.74) is 7.05. The van der Waals surface area contributed by atoms with E-state index in [2.05, 4.69) is 4.98 Å². The summed E-state index contributed by atoms with van der Waals surface area (Å²) in [7, 11) is 1.30. The predicted octanol–water partition coefficient (Wildman–Crippen LogP) is 5.18. The highest BCUT2D eigenvalue weighted by atomic mass is 35.5. The second-order valence-electron chi connectivity index (χ2n) is 6.10. The number of nitrogens with two attached hydrogens (primary N) is 1. The molecule has 0 radical (unpaired) electrons. The number of carbonyl (C=O) groups excluding carboxylic acids is 1. The maximum absolute atomic E-state index is 14.7. The minimum Gasteiger partial charge on any atom is -0.492 e. The highest BCUT2D eigenvalue weighted by Crippen LogP contribution is 2.36. The maximum atomic E-state index is 14.7. The third kappa shape index (κ3) is 4.67. The number of ketones is 1. The molecule has 2 aromatic carbocycles. The number of benzene rings is 2. The lowest BCUT2D eigenvalue weighted by atomic mass is 10.1. The molecule has 0 aliphatic rings. The lowest BCUT2D eigenvalue weighted by Gasteiger charge is -2.12. The molecule has 29 heavy (non-hydrogen) atoms. The molecule has 0 aliphatic heterocycles. The fraction of sp³-hybridized carbons (Fsp3) is 0.143. The lowest BCUT2D eigenvalue weighted by Crippen LogP contribution is -2.13. The van der Waals surface area contributed by atoms with Gasteiger partial charge in [-0.3, -0.25) is 4.79 Å². The van der Waals surface area contributed by atoms with Gasteiger partial charge in [0, 0.05) is 5.56 Å². The van der Waals surface area contributed by atoms with E-state index >= 15 is 0 Å². The molecular formula is C21H17Cl2FN2O3. The number of halogens is 3. The number of rotatable bonds is 7. The molecule has 3 rings (SSSR count). The molecule has 0 fully saturated rings. The van der Waals surface area contributed by atoms with Gasteiger partial charge < -0.3 is 15.2 Å². The van der Waals surface area contributed by atoms with E-state index in [4.69, 9.17) is 38.4 Å². The normalized spacial score (nSPS) is 10.8. The van der Waals surface area contributed by atoms with E-state index in [1.165, 1.54) is 25.3 Å². The molecule has 3 aromatic rings. The number of methoxy groups -OCH3 is 1. The topological polar surface area (TPSA) is 74.4 Å². The smallest absolute Gasteiger partial charge is 0.208 e. The van der Waals surface area contributed by atoms with Crippen LogP contribution in [0.2, 0.25) is 10.0 Å². The Morgan fingerprint density at radius 1 is 1.17 bits per heavy atom. The molecule has 0 amide bonds. The monoisotopic (exact) mass is 434 g/mol. The first-order chi connectivity index (χ1) is 13.9. The second-order valence-corrected chi connectivity index (χ2v) is 6.89. The minimum absolute atomic E-state index is 0.0107. The van der Waals surface area contributed by atoms with E-state index < -0.39 is 11.6 Å². The zero-order valence-electron chi connectivity index (χ0n) is 15.4. The Hall–Kier alpha value is -2.67. The number of carbonyl (C=O) groups is 1. The summed E-state index contributed by atoms with van der Waals surface area (Å²) in [5.74, 6) is -1.31. The van der Waals surface area contributed by atoms with Gasteiger partial charge in [0.25, 0.3) is 0 Å². The fourth-order valence-corrected chi connectivity index (χ4v) is 3.12. The first kappa shape index (κ1) is 21.0. The van der Waals surface area contributed by atoms with Crippen LogP contribution in [0.1, 0.15) is 16.1 Å². The molecular weight excluding hydrogens is 418 g/mol. The van der Waals surface area contributed by atoms with Crippen LogP contribution in [0.15, 0.2) is 48.5 Å². The zero-order chi connectivity index (χ0) is 21.0. The van der Waals surface area contributed by atoms with Gasteiger partial charge in [-0.05, 0) is 23.8 Å². The second kappa shape index (κ2) is 9.22. The number of ether oxygens (including phenoxy) is 2. The van der Waals surface area contributed by atoms with E-state index in [9.17, 15) is 9.18 Å². The van der Waals surface area contributed by atoms with Crippen LogP contribution in [0.3, 0.4) is 0 Å². The highest BCUT2D eigenvalue weighted by Gasteiger charge is 2.21. The predicted molar refractivity (Wildman–Crippen MR) is 111 cm³/mol. The van der Waals surface area contributed by atoms with Crippen molar-refractivity contribution in [2.75, 3.05) is 19.5 Å². The summed E-state index contributed by atoms with van der Waals surface area (Å²) in [6.45, 7) is -0.000683. The summed E-state index contributed by atoms with van der Waals surface area (Å²) >= 11 is 12.1. The van der Waals surface area contributed by atoms with Crippen molar-refractivity contribution < 1.29 is 18.7 Å². The van der Waals surface area contributed by atoms with Gasteiger partial charge in [-0.2, -0.15) is 0 Å². The Labute approximate surface area is 177 Å². The molecule has 0 unspecified atom stereocenters. The molecule has 0 aliphatic carbocycles. The molecule has 8 heteroatoms. The lowest BCUT2D eigenvalue weighted by molar-refractivity contribution is 0.0722. The van der Waals surface area contributed by atoms with Gasteiger partial charge in [0.15, 0.2) is 11.6 Å². The molecule has 150 valence electrons. The Kier molecular flexibility index (Phi) is 6.69. The van der Waals surface area contributed by atoms with Gasteiger partial charge in [0.2, 0.25) is 5.78 Å². The van der Waals surface area contributed by atoms with Gasteiger partial charge in [0.1, 0.15) is 12.3 Å². The average Bonchev–Trinajstić information content (AvgIpc) is 2.71. The molecule has 1 heterocycles. The minimum atomic E-state index is -0.715. The van der Waals surface area contributed by atoms with Crippen LogP contribution in [-0.2, 0) is 11.3 Å². The number of hydrogen-bond acceptors (Lipinski definition) is 5. The van der Waals surface area contributed by atoms with E-state index in [1.807, 2.05) is 30.3 Å². The average molecular weight is 435 g/mol. The van der Waals surface area contributed by atoms with Crippen molar-refractivity contribution in [3.05, 3.63) is 75.7 Å². The van der Waals surface area contributed by atoms with Crippen LogP contribution in [0, 0.1) is 5.82 Å². The van der Waals surface area contributed by atoms with Gasteiger partial charge >= 0.3 is 0 Å². The number of Topliss-reactive ketones (excluding diaryl/α,β-unsaturated/α-hetero) is 1. The van der Waals surface area contributed by atoms with Crippen molar-refractivity contribution in [1.82, 2.24) is 4.98 Å². The SMILES string of the molecule is COc1c(Cl)ccc(-c2cc(N)c(Cl)c(C(=O)COCc3ccccc3)n2)c1F. The van der Waals surface area contributed by atoms with Crippen LogP contribution < -0.4 is 10.5 Å². The largest absolute Gasteiger partial charge is 0.492 e. The van der Waals surface area contributed by atoms with Crippen molar-refractivity contribution in [2.24, 2.45) is 0 Å². The van der Waals surface area contributed by atoms with Crippen LogP contribution in [-0.4, -0.2) is 24.5 Å². The number of anilines is 1. The van der Waals surface area contributed by atoms with Crippen molar-refractivity contribution in [2.45, 2.75) is 6.61 Å². The molecule has 0 saturated heterocycles. The highest BCUT2D eigenvalue weighted by molar-refractivity contribution is 6.36. The summed E-state index contributed by atoms with van der Waals surface area (Å²) in [6, 6.07) is 13.7. The maximum Gasteiger partial charge on any atom is 0.208 e. The molecule has 0 atom stereocenters. The van der Waals surface area contributed by atoms with Crippen LogP contribution in [0.25, 0.3) is 11.3 Å². The summed E-state index contributed by atoms with van der Waals surface area (Å²) in [6.07, 6.45) is 0. The van der Waals surface area contributed by atoms with Crippen LogP contribution in [0.4, 0.5) is 10.1 Å². The Balaban J connectivity index is 1.87. The van der Waals surface area contributed by atoms with Crippen molar-refractivity contribution in [3.8, 4) is 17.0 Å². The number of nitrogens with zero attached hydrogens (tertiary/aromatic N) is 1. The number of pyridine rings is 1.